The summed E-state index contributed by atoms with van der Waals surface area (Å²) in [5, 5.41) is 8.57. The number of aliphatic carboxylic acids is 1. The van der Waals surface area contributed by atoms with E-state index in [1.54, 1.807) is 0 Å². The average Bonchev–Trinajstić information content (AvgIpc) is 2.13. The summed E-state index contributed by atoms with van der Waals surface area (Å²) in [6, 6.07) is 0. The molecule has 2 atom stereocenters. The average molecular weight is 248 g/mol. The zero-order chi connectivity index (χ0) is 13.5. The molecule has 0 rings (SSSR count). The summed E-state index contributed by atoms with van der Waals surface area (Å²) in [5.41, 5.74) is -0.183. The van der Waals surface area contributed by atoms with Gasteiger partial charge >= 0.3 is 5.97 Å². The van der Waals surface area contributed by atoms with E-state index in [-0.39, 0.29) is 18.3 Å². The zero-order valence-electron chi connectivity index (χ0n) is 11.4. The highest BCUT2D eigenvalue weighted by Crippen LogP contribution is 2.10. The van der Waals surface area contributed by atoms with Gasteiger partial charge in [0, 0.05) is 0 Å². The Morgan fingerprint density at radius 3 is 2.29 bits per heavy atom. The van der Waals surface area contributed by atoms with Crippen LogP contribution in [-0.2, 0) is 19.0 Å². The van der Waals surface area contributed by atoms with Gasteiger partial charge in [-0.05, 0) is 34.6 Å². The summed E-state index contributed by atoms with van der Waals surface area (Å²) >= 11 is 0. The Bertz CT molecular complexity index is 221. The van der Waals surface area contributed by atoms with Crippen molar-refractivity contribution < 1.29 is 24.1 Å². The molecule has 5 heteroatoms. The second kappa shape index (κ2) is 7.63. The molecule has 0 aromatic rings. The summed E-state index contributed by atoms with van der Waals surface area (Å²) in [4.78, 5) is 10.4. The number of rotatable bonds is 8. The largest absolute Gasteiger partial charge is 0.479 e. The molecule has 17 heavy (non-hydrogen) atoms. The highest BCUT2D eigenvalue weighted by molar-refractivity contribution is 5.71. The second-order valence-corrected chi connectivity index (χ2v) is 4.97. The Labute approximate surface area is 103 Å². The van der Waals surface area contributed by atoms with E-state index in [9.17, 15) is 4.79 Å². The Morgan fingerprint density at radius 1 is 1.24 bits per heavy atom. The quantitative estimate of drug-likeness (QED) is 0.662. The topological polar surface area (TPSA) is 65.0 Å². The lowest BCUT2D eigenvalue weighted by Gasteiger charge is -2.24. The summed E-state index contributed by atoms with van der Waals surface area (Å²) in [6.45, 7) is 10.5. The first-order valence-corrected chi connectivity index (χ1v) is 5.82. The van der Waals surface area contributed by atoms with Crippen molar-refractivity contribution in [2.75, 3.05) is 19.8 Å². The van der Waals surface area contributed by atoms with Crippen LogP contribution in [0.5, 0.6) is 0 Å². The van der Waals surface area contributed by atoms with Crippen molar-refractivity contribution in [2.24, 2.45) is 0 Å². The van der Waals surface area contributed by atoms with E-state index in [4.69, 9.17) is 19.3 Å². The van der Waals surface area contributed by atoms with Gasteiger partial charge in [-0.1, -0.05) is 0 Å². The number of carboxylic acids is 1. The van der Waals surface area contributed by atoms with Crippen molar-refractivity contribution in [3.63, 3.8) is 0 Å². The fourth-order valence-electron chi connectivity index (χ4n) is 1.24. The highest BCUT2D eigenvalue weighted by Gasteiger charge is 2.15. The Kier molecular flexibility index (Phi) is 7.34. The van der Waals surface area contributed by atoms with Crippen molar-refractivity contribution in [1.82, 2.24) is 0 Å². The van der Waals surface area contributed by atoms with E-state index in [0.29, 0.717) is 13.2 Å². The van der Waals surface area contributed by atoms with Crippen LogP contribution in [0.15, 0.2) is 0 Å². The summed E-state index contributed by atoms with van der Waals surface area (Å²) in [6.07, 6.45) is -0.784. The number of hydrogen-bond acceptors (Lipinski definition) is 4. The lowest BCUT2D eigenvalue weighted by atomic mass is 10.2. The van der Waals surface area contributed by atoms with Gasteiger partial charge in [0.15, 0.2) is 6.10 Å². The van der Waals surface area contributed by atoms with Crippen molar-refractivity contribution in [3.05, 3.63) is 0 Å². The predicted molar refractivity (Wildman–Crippen MR) is 64.2 cm³/mol. The summed E-state index contributed by atoms with van der Waals surface area (Å²) in [5.74, 6) is -0.963. The molecule has 0 radical (unpaired) electrons. The molecule has 102 valence electrons. The molecule has 0 saturated heterocycles. The first-order chi connectivity index (χ1) is 7.72. The molecule has 2 unspecified atom stereocenters. The molecular formula is C12H24O5. The molecule has 0 aliphatic carbocycles. The summed E-state index contributed by atoms with van der Waals surface area (Å²) in [7, 11) is 0. The molecule has 0 bridgehead atoms. The lowest BCUT2D eigenvalue weighted by Crippen LogP contribution is -2.29. The van der Waals surface area contributed by atoms with Crippen molar-refractivity contribution in [1.29, 1.82) is 0 Å². The molecular weight excluding hydrogens is 224 g/mol. The fraction of sp³-hybridized carbons (Fsp3) is 0.917. The predicted octanol–water partition coefficient (Wildman–Crippen LogP) is 1.70. The zero-order valence-corrected chi connectivity index (χ0v) is 11.4. The van der Waals surface area contributed by atoms with E-state index in [1.165, 1.54) is 6.92 Å². The van der Waals surface area contributed by atoms with E-state index < -0.39 is 12.1 Å². The Hall–Kier alpha value is -0.650. The number of carboxylic acid groups (broad SMARTS) is 1. The standard InChI is InChI=1S/C12H24O5/c1-9(17-12(3,4)5)8-15-6-7-16-10(2)11(13)14/h9-10H,6-8H2,1-5H3,(H,13,14). The Balaban J connectivity index is 3.49. The fourth-order valence-corrected chi connectivity index (χ4v) is 1.24. The van der Waals surface area contributed by atoms with E-state index in [1.807, 2.05) is 27.7 Å². The van der Waals surface area contributed by atoms with Gasteiger partial charge in [0.1, 0.15) is 0 Å². The minimum atomic E-state index is -0.963. The Morgan fingerprint density at radius 2 is 1.82 bits per heavy atom. The molecule has 0 spiro atoms. The van der Waals surface area contributed by atoms with Gasteiger partial charge in [0.2, 0.25) is 0 Å². The van der Waals surface area contributed by atoms with Gasteiger partial charge in [-0.2, -0.15) is 0 Å². The molecule has 0 aromatic carbocycles. The van der Waals surface area contributed by atoms with Crippen LogP contribution in [0.4, 0.5) is 0 Å². The van der Waals surface area contributed by atoms with Gasteiger partial charge in [0.05, 0.1) is 31.5 Å². The lowest BCUT2D eigenvalue weighted by molar-refractivity contribution is -0.150. The number of hydrogen-bond donors (Lipinski definition) is 1. The van der Waals surface area contributed by atoms with Gasteiger partial charge in [0.25, 0.3) is 0 Å². The van der Waals surface area contributed by atoms with Crippen molar-refractivity contribution in [2.45, 2.75) is 52.4 Å². The molecule has 0 saturated carbocycles. The molecule has 0 aliphatic rings. The maximum absolute atomic E-state index is 10.4. The molecule has 0 amide bonds. The van der Waals surface area contributed by atoms with Crippen molar-refractivity contribution in [3.8, 4) is 0 Å². The van der Waals surface area contributed by atoms with Crippen LogP contribution in [0.1, 0.15) is 34.6 Å². The smallest absolute Gasteiger partial charge is 0.332 e. The molecule has 0 heterocycles. The monoisotopic (exact) mass is 248 g/mol. The first kappa shape index (κ1) is 16.4. The van der Waals surface area contributed by atoms with Gasteiger partial charge in [-0.3, -0.25) is 0 Å². The van der Waals surface area contributed by atoms with Gasteiger partial charge < -0.3 is 19.3 Å². The van der Waals surface area contributed by atoms with E-state index >= 15 is 0 Å². The molecule has 5 nitrogen and oxygen atoms in total. The SMILES string of the molecule is CC(COCCOC(C)C(=O)O)OC(C)(C)C. The highest BCUT2D eigenvalue weighted by atomic mass is 16.6. The molecule has 0 fully saturated rings. The van der Waals surface area contributed by atoms with Gasteiger partial charge in [-0.25, -0.2) is 4.79 Å². The van der Waals surface area contributed by atoms with E-state index in [0.717, 1.165) is 0 Å². The minimum absolute atomic E-state index is 0.00639. The third-order valence-corrected chi connectivity index (χ3v) is 1.85. The molecule has 0 aliphatic heterocycles. The number of ether oxygens (including phenoxy) is 3. The van der Waals surface area contributed by atoms with Crippen molar-refractivity contribution >= 4 is 5.97 Å². The maximum Gasteiger partial charge on any atom is 0.332 e. The number of carbonyl (C=O) groups is 1. The normalized spacial score (nSPS) is 15.6. The van der Waals surface area contributed by atoms with Crippen LogP contribution >= 0.6 is 0 Å². The molecule has 0 aromatic heterocycles. The van der Waals surface area contributed by atoms with Crippen LogP contribution in [0.3, 0.4) is 0 Å². The van der Waals surface area contributed by atoms with Crippen LogP contribution in [0, 0.1) is 0 Å². The minimum Gasteiger partial charge on any atom is -0.479 e. The van der Waals surface area contributed by atoms with Crippen LogP contribution in [-0.4, -0.2) is 48.7 Å². The molecule has 1 N–H and O–H groups in total. The summed E-state index contributed by atoms with van der Waals surface area (Å²) < 4.78 is 16.0. The van der Waals surface area contributed by atoms with Gasteiger partial charge in [-0.15, -0.1) is 0 Å². The van der Waals surface area contributed by atoms with Crippen LogP contribution in [0.2, 0.25) is 0 Å². The van der Waals surface area contributed by atoms with E-state index in [2.05, 4.69) is 0 Å². The first-order valence-electron chi connectivity index (χ1n) is 5.82. The maximum atomic E-state index is 10.4. The third-order valence-electron chi connectivity index (χ3n) is 1.85. The van der Waals surface area contributed by atoms with Crippen LogP contribution in [0.25, 0.3) is 0 Å². The third kappa shape index (κ3) is 10.2. The second-order valence-electron chi connectivity index (χ2n) is 4.97. The van der Waals surface area contributed by atoms with Crippen LogP contribution < -0.4 is 0 Å².